The molecule has 2 amide bonds. The fourth-order valence-corrected chi connectivity index (χ4v) is 6.11. The molecule has 0 spiro atoms. The number of anilines is 1. The van der Waals surface area contributed by atoms with E-state index in [0.29, 0.717) is 21.4 Å². The van der Waals surface area contributed by atoms with Gasteiger partial charge in [-0.2, -0.15) is 0 Å². The fraction of sp³-hybridized carbons (Fsp3) is 0.333. The number of benzene rings is 3. The maximum Gasteiger partial charge on any atom is 0.264 e. The SMILES string of the molecule is CC[C@H](C(=O)NC(C)(C)C)N(Cc1ccc(Cl)cc1Cl)C(=O)CN(c1ccc(OC)cc1)S(=O)(=O)c1ccccc1. The quantitative estimate of drug-likeness (QED) is 0.287. The van der Waals surface area contributed by atoms with Crippen molar-refractivity contribution >= 4 is 50.7 Å². The van der Waals surface area contributed by atoms with E-state index in [2.05, 4.69) is 5.32 Å². The first-order valence-corrected chi connectivity index (χ1v) is 15.2. The topological polar surface area (TPSA) is 96.0 Å². The standard InChI is InChI=1S/C30H35Cl2N3O5S/c1-6-27(29(37)33-30(2,3)4)34(19-21-12-13-22(31)18-26(21)32)28(36)20-35(23-14-16-24(40-5)17-15-23)41(38,39)25-10-8-7-9-11-25/h7-18,27H,6,19-20H2,1-5H3,(H,33,37)/t27-/m1/s1. The zero-order valence-electron chi connectivity index (χ0n) is 23.7. The molecule has 1 atom stereocenters. The van der Waals surface area contributed by atoms with E-state index in [4.69, 9.17) is 27.9 Å². The van der Waals surface area contributed by atoms with Crippen molar-refractivity contribution in [2.24, 2.45) is 0 Å². The lowest BCUT2D eigenvalue weighted by Crippen LogP contribution is -2.55. The number of carbonyl (C=O) groups is 2. The molecular weight excluding hydrogens is 585 g/mol. The van der Waals surface area contributed by atoms with Gasteiger partial charge in [-0.25, -0.2) is 8.42 Å². The van der Waals surface area contributed by atoms with Crippen LogP contribution in [0.25, 0.3) is 0 Å². The van der Waals surface area contributed by atoms with E-state index in [1.54, 1.807) is 67.6 Å². The molecule has 0 bridgehead atoms. The van der Waals surface area contributed by atoms with Gasteiger partial charge in [0.05, 0.1) is 17.7 Å². The molecule has 0 aliphatic carbocycles. The molecule has 0 fully saturated rings. The molecule has 220 valence electrons. The van der Waals surface area contributed by atoms with Gasteiger partial charge in [0.25, 0.3) is 10.0 Å². The van der Waals surface area contributed by atoms with Crippen molar-refractivity contribution in [3.05, 3.63) is 88.4 Å². The minimum absolute atomic E-state index is 0.0217. The summed E-state index contributed by atoms with van der Waals surface area (Å²) >= 11 is 12.5. The molecule has 0 radical (unpaired) electrons. The minimum atomic E-state index is -4.17. The normalized spacial score (nSPS) is 12.4. The number of methoxy groups -OCH3 is 1. The average molecular weight is 621 g/mol. The molecule has 0 saturated heterocycles. The predicted octanol–water partition coefficient (Wildman–Crippen LogP) is 5.92. The van der Waals surface area contributed by atoms with Crippen molar-refractivity contribution in [1.82, 2.24) is 10.2 Å². The van der Waals surface area contributed by atoms with Gasteiger partial charge in [-0.3, -0.25) is 13.9 Å². The van der Waals surface area contributed by atoms with Gasteiger partial charge >= 0.3 is 0 Å². The van der Waals surface area contributed by atoms with E-state index in [9.17, 15) is 18.0 Å². The van der Waals surface area contributed by atoms with Crippen LogP contribution in [0.2, 0.25) is 10.0 Å². The summed E-state index contributed by atoms with van der Waals surface area (Å²) < 4.78 is 34.0. The van der Waals surface area contributed by atoms with Crippen LogP contribution in [0.4, 0.5) is 5.69 Å². The Bertz CT molecular complexity index is 1460. The highest BCUT2D eigenvalue weighted by Gasteiger charge is 2.34. The second-order valence-corrected chi connectivity index (χ2v) is 13.1. The third kappa shape index (κ3) is 8.38. The Morgan fingerprint density at radius 1 is 0.976 bits per heavy atom. The van der Waals surface area contributed by atoms with E-state index in [1.165, 1.54) is 24.1 Å². The van der Waals surface area contributed by atoms with Crippen LogP contribution in [0.15, 0.2) is 77.7 Å². The first kappa shape index (κ1) is 32.2. The number of sulfonamides is 1. The van der Waals surface area contributed by atoms with Crippen LogP contribution in [0.1, 0.15) is 39.7 Å². The summed E-state index contributed by atoms with van der Waals surface area (Å²) in [5.74, 6) is -0.413. The smallest absolute Gasteiger partial charge is 0.264 e. The molecule has 3 rings (SSSR count). The highest BCUT2D eigenvalue weighted by molar-refractivity contribution is 7.92. The third-order valence-electron chi connectivity index (χ3n) is 6.21. The van der Waals surface area contributed by atoms with Gasteiger partial charge in [0.15, 0.2) is 0 Å². The van der Waals surface area contributed by atoms with Crippen molar-refractivity contribution in [2.45, 2.75) is 57.1 Å². The number of hydrogen-bond acceptors (Lipinski definition) is 5. The van der Waals surface area contributed by atoms with E-state index < -0.39 is 34.1 Å². The molecule has 0 aliphatic rings. The Morgan fingerprint density at radius 2 is 1.61 bits per heavy atom. The van der Waals surface area contributed by atoms with Gasteiger partial charge in [0.1, 0.15) is 18.3 Å². The van der Waals surface area contributed by atoms with Gasteiger partial charge in [-0.1, -0.05) is 54.4 Å². The molecule has 0 saturated carbocycles. The van der Waals surface area contributed by atoms with Crippen molar-refractivity contribution in [3.8, 4) is 5.75 Å². The maximum absolute atomic E-state index is 14.1. The number of halogens is 2. The summed E-state index contributed by atoms with van der Waals surface area (Å²) in [6.45, 7) is 6.73. The molecule has 0 heterocycles. The van der Waals surface area contributed by atoms with Crippen LogP contribution >= 0.6 is 23.2 Å². The van der Waals surface area contributed by atoms with Crippen molar-refractivity contribution in [2.75, 3.05) is 18.0 Å². The van der Waals surface area contributed by atoms with E-state index >= 15 is 0 Å². The van der Waals surface area contributed by atoms with Crippen molar-refractivity contribution < 1.29 is 22.7 Å². The molecule has 41 heavy (non-hydrogen) atoms. The molecule has 0 aromatic heterocycles. The minimum Gasteiger partial charge on any atom is -0.497 e. The lowest BCUT2D eigenvalue weighted by Gasteiger charge is -2.35. The number of nitrogens with zero attached hydrogens (tertiary/aromatic N) is 2. The predicted molar refractivity (Wildman–Crippen MR) is 163 cm³/mol. The highest BCUT2D eigenvalue weighted by Crippen LogP contribution is 2.28. The highest BCUT2D eigenvalue weighted by atomic mass is 35.5. The maximum atomic E-state index is 14.1. The molecule has 0 unspecified atom stereocenters. The Labute approximate surface area is 252 Å². The molecule has 3 aromatic carbocycles. The Morgan fingerprint density at radius 3 is 2.15 bits per heavy atom. The van der Waals surface area contributed by atoms with Crippen LogP contribution in [0.3, 0.4) is 0 Å². The first-order valence-electron chi connectivity index (χ1n) is 13.0. The summed E-state index contributed by atoms with van der Waals surface area (Å²) in [7, 11) is -2.67. The Hall–Kier alpha value is -3.27. The molecule has 8 nitrogen and oxygen atoms in total. The summed E-state index contributed by atoms with van der Waals surface area (Å²) in [6.07, 6.45) is 0.285. The molecular formula is C30H35Cl2N3O5S. The van der Waals surface area contributed by atoms with E-state index in [0.717, 1.165) is 4.31 Å². The van der Waals surface area contributed by atoms with E-state index in [1.807, 2.05) is 20.8 Å². The molecule has 11 heteroatoms. The monoisotopic (exact) mass is 619 g/mol. The van der Waals surface area contributed by atoms with Crippen LogP contribution in [-0.2, 0) is 26.2 Å². The van der Waals surface area contributed by atoms with E-state index in [-0.39, 0.29) is 29.5 Å². The third-order valence-corrected chi connectivity index (χ3v) is 8.59. The summed E-state index contributed by atoms with van der Waals surface area (Å²) in [5, 5.41) is 3.69. The summed E-state index contributed by atoms with van der Waals surface area (Å²) in [4.78, 5) is 28.9. The van der Waals surface area contributed by atoms with Gasteiger partial charge in [0.2, 0.25) is 11.8 Å². The molecule has 0 aliphatic heterocycles. The second-order valence-electron chi connectivity index (χ2n) is 10.4. The van der Waals surface area contributed by atoms with Crippen LogP contribution < -0.4 is 14.4 Å². The number of hydrogen-bond donors (Lipinski definition) is 1. The summed E-state index contributed by atoms with van der Waals surface area (Å²) in [6, 6.07) is 18.2. The lowest BCUT2D eigenvalue weighted by molar-refractivity contribution is -0.141. The summed E-state index contributed by atoms with van der Waals surface area (Å²) in [5.41, 5.74) is 0.274. The largest absolute Gasteiger partial charge is 0.497 e. The molecule has 3 aromatic rings. The van der Waals surface area contributed by atoms with Gasteiger partial charge < -0.3 is 15.0 Å². The van der Waals surface area contributed by atoms with Crippen LogP contribution in [0, 0.1) is 0 Å². The number of amides is 2. The fourth-order valence-electron chi connectivity index (χ4n) is 4.20. The Kier molecular flexibility index (Phi) is 10.7. The Balaban J connectivity index is 2.09. The number of ether oxygens (including phenoxy) is 1. The molecule has 1 N–H and O–H groups in total. The lowest BCUT2D eigenvalue weighted by atomic mass is 10.1. The zero-order valence-corrected chi connectivity index (χ0v) is 26.1. The number of carbonyl (C=O) groups excluding carboxylic acids is 2. The van der Waals surface area contributed by atoms with Gasteiger partial charge in [-0.15, -0.1) is 0 Å². The van der Waals surface area contributed by atoms with Crippen LogP contribution in [-0.4, -0.2) is 50.4 Å². The first-order chi connectivity index (χ1) is 19.3. The van der Waals surface area contributed by atoms with Crippen molar-refractivity contribution in [3.63, 3.8) is 0 Å². The second kappa shape index (κ2) is 13.6. The van der Waals surface area contributed by atoms with Gasteiger partial charge in [-0.05, 0) is 81.3 Å². The number of rotatable bonds is 11. The van der Waals surface area contributed by atoms with Crippen LogP contribution in [0.5, 0.6) is 5.75 Å². The zero-order chi connectivity index (χ0) is 30.4. The number of nitrogens with one attached hydrogen (secondary N) is 1. The van der Waals surface area contributed by atoms with Crippen molar-refractivity contribution in [1.29, 1.82) is 0 Å². The average Bonchev–Trinajstić information content (AvgIpc) is 2.92. The van der Waals surface area contributed by atoms with Gasteiger partial charge in [0, 0.05) is 22.1 Å².